The van der Waals surface area contributed by atoms with Gasteiger partial charge in [0.15, 0.2) is 0 Å². The molecule has 0 fully saturated rings. The third-order valence-electron chi connectivity index (χ3n) is 3.26. The standard InChI is InChI=1S/C17H25N3O/c1-2-3-13-21-14-7-11-18-15-16-10-12-20(19-16)17-8-5-4-6-9-17/h4-6,8-10,12,18H,2-3,7,11,13-15H2,1H3. The predicted octanol–water partition coefficient (Wildman–Crippen LogP) is 3.17. The number of nitrogens with zero attached hydrogens (tertiary/aromatic N) is 2. The van der Waals surface area contributed by atoms with Gasteiger partial charge >= 0.3 is 0 Å². The minimum absolute atomic E-state index is 0.800. The summed E-state index contributed by atoms with van der Waals surface area (Å²) >= 11 is 0. The molecule has 21 heavy (non-hydrogen) atoms. The summed E-state index contributed by atoms with van der Waals surface area (Å²) in [5, 5.41) is 7.96. The molecule has 0 bridgehead atoms. The van der Waals surface area contributed by atoms with E-state index in [9.17, 15) is 0 Å². The van der Waals surface area contributed by atoms with Crippen molar-refractivity contribution in [1.29, 1.82) is 0 Å². The molecule has 0 atom stereocenters. The fourth-order valence-electron chi connectivity index (χ4n) is 2.04. The Morgan fingerprint density at radius 1 is 1.10 bits per heavy atom. The van der Waals surface area contributed by atoms with Crippen molar-refractivity contribution in [3.05, 3.63) is 48.3 Å². The van der Waals surface area contributed by atoms with Gasteiger partial charge < -0.3 is 10.1 Å². The molecule has 0 saturated carbocycles. The number of nitrogens with one attached hydrogen (secondary N) is 1. The van der Waals surface area contributed by atoms with Crippen LogP contribution in [0.4, 0.5) is 0 Å². The number of para-hydroxylation sites is 1. The lowest BCUT2D eigenvalue weighted by atomic mass is 10.3. The highest BCUT2D eigenvalue weighted by atomic mass is 16.5. The number of rotatable bonds is 10. The maximum atomic E-state index is 5.53. The van der Waals surface area contributed by atoms with Crippen LogP contribution in [-0.4, -0.2) is 29.5 Å². The first-order valence-electron chi connectivity index (χ1n) is 7.78. The van der Waals surface area contributed by atoms with E-state index in [1.54, 1.807) is 0 Å². The SMILES string of the molecule is CCCCOCCCNCc1ccn(-c2ccccc2)n1. The summed E-state index contributed by atoms with van der Waals surface area (Å²) in [5.41, 5.74) is 2.15. The molecule has 1 aromatic carbocycles. The molecule has 4 nitrogen and oxygen atoms in total. The van der Waals surface area contributed by atoms with Gasteiger partial charge in [-0.25, -0.2) is 4.68 Å². The monoisotopic (exact) mass is 287 g/mol. The van der Waals surface area contributed by atoms with E-state index in [-0.39, 0.29) is 0 Å². The number of ether oxygens (including phenoxy) is 1. The van der Waals surface area contributed by atoms with Crippen LogP contribution in [0.1, 0.15) is 31.9 Å². The van der Waals surface area contributed by atoms with E-state index in [0.717, 1.165) is 50.5 Å². The Morgan fingerprint density at radius 2 is 1.90 bits per heavy atom. The van der Waals surface area contributed by atoms with E-state index in [1.165, 1.54) is 6.42 Å². The number of unbranched alkanes of at least 4 members (excludes halogenated alkanes) is 1. The zero-order valence-electron chi connectivity index (χ0n) is 12.8. The first kappa shape index (κ1) is 15.7. The Kier molecular flexibility index (Phi) is 6.98. The Bertz CT molecular complexity index is 496. The van der Waals surface area contributed by atoms with Crippen molar-refractivity contribution in [2.75, 3.05) is 19.8 Å². The zero-order valence-corrected chi connectivity index (χ0v) is 12.8. The second-order valence-electron chi connectivity index (χ2n) is 5.08. The highest BCUT2D eigenvalue weighted by molar-refractivity contribution is 5.30. The Hall–Kier alpha value is -1.65. The van der Waals surface area contributed by atoms with Gasteiger partial charge in [-0.1, -0.05) is 31.5 Å². The van der Waals surface area contributed by atoms with Crippen molar-refractivity contribution in [3.63, 3.8) is 0 Å². The van der Waals surface area contributed by atoms with Gasteiger partial charge in [-0.2, -0.15) is 5.10 Å². The van der Waals surface area contributed by atoms with Crippen LogP contribution in [0, 0.1) is 0 Å². The second-order valence-corrected chi connectivity index (χ2v) is 5.08. The molecule has 4 heteroatoms. The molecule has 1 aromatic heterocycles. The van der Waals surface area contributed by atoms with Crippen LogP contribution in [0.25, 0.3) is 5.69 Å². The van der Waals surface area contributed by atoms with Crippen molar-refractivity contribution in [2.45, 2.75) is 32.7 Å². The minimum Gasteiger partial charge on any atom is -0.381 e. The van der Waals surface area contributed by atoms with Crippen molar-refractivity contribution in [1.82, 2.24) is 15.1 Å². The average Bonchev–Trinajstić information content (AvgIpc) is 3.00. The van der Waals surface area contributed by atoms with Gasteiger partial charge in [0.2, 0.25) is 0 Å². The van der Waals surface area contributed by atoms with Crippen LogP contribution >= 0.6 is 0 Å². The third-order valence-corrected chi connectivity index (χ3v) is 3.26. The number of hydrogen-bond donors (Lipinski definition) is 1. The normalized spacial score (nSPS) is 10.9. The first-order valence-corrected chi connectivity index (χ1v) is 7.78. The van der Waals surface area contributed by atoms with Gasteiger partial charge in [0.05, 0.1) is 11.4 Å². The number of benzene rings is 1. The molecule has 2 aromatic rings. The molecule has 1 heterocycles. The van der Waals surface area contributed by atoms with Gasteiger partial charge in [0, 0.05) is 26.0 Å². The largest absolute Gasteiger partial charge is 0.381 e. The topological polar surface area (TPSA) is 39.1 Å². The lowest BCUT2D eigenvalue weighted by molar-refractivity contribution is 0.128. The summed E-state index contributed by atoms with van der Waals surface area (Å²) in [6.07, 6.45) is 5.40. The first-order chi connectivity index (χ1) is 10.4. The molecule has 1 N–H and O–H groups in total. The molecule has 0 aliphatic carbocycles. The maximum Gasteiger partial charge on any atom is 0.0766 e. The Morgan fingerprint density at radius 3 is 2.71 bits per heavy atom. The van der Waals surface area contributed by atoms with Crippen LogP contribution in [-0.2, 0) is 11.3 Å². The van der Waals surface area contributed by atoms with Crippen molar-refractivity contribution >= 4 is 0 Å². The van der Waals surface area contributed by atoms with Gasteiger partial charge in [0.25, 0.3) is 0 Å². The van der Waals surface area contributed by atoms with E-state index in [4.69, 9.17) is 4.74 Å². The molecule has 114 valence electrons. The molecule has 0 radical (unpaired) electrons. The minimum atomic E-state index is 0.800. The van der Waals surface area contributed by atoms with Crippen LogP contribution < -0.4 is 5.32 Å². The third kappa shape index (κ3) is 5.69. The smallest absolute Gasteiger partial charge is 0.0766 e. The highest BCUT2D eigenvalue weighted by Gasteiger charge is 2.00. The van der Waals surface area contributed by atoms with Crippen LogP contribution in [0.5, 0.6) is 0 Å². The summed E-state index contributed by atoms with van der Waals surface area (Å²) < 4.78 is 7.44. The summed E-state index contributed by atoms with van der Waals surface area (Å²) in [6.45, 7) is 5.67. The zero-order chi connectivity index (χ0) is 14.8. The molecular formula is C17H25N3O. The van der Waals surface area contributed by atoms with Crippen molar-refractivity contribution in [2.24, 2.45) is 0 Å². The van der Waals surface area contributed by atoms with E-state index < -0.39 is 0 Å². The van der Waals surface area contributed by atoms with E-state index in [0.29, 0.717) is 0 Å². The number of hydrogen-bond acceptors (Lipinski definition) is 3. The van der Waals surface area contributed by atoms with Crippen LogP contribution in [0.3, 0.4) is 0 Å². The Balaban J connectivity index is 1.63. The maximum absolute atomic E-state index is 5.53. The molecule has 0 saturated heterocycles. The Labute approximate surface area is 127 Å². The highest BCUT2D eigenvalue weighted by Crippen LogP contribution is 2.06. The lowest BCUT2D eigenvalue weighted by Crippen LogP contribution is -2.17. The lowest BCUT2D eigenvalue weighted by Gasteiger charge is -2.04. The number of aromatic nitrogens is 2. The van der Waals surface area contributed by atoms with Crippen molar-refractivity contribution < 1.29 is 4.74 Å². The molecule has 0 unspecified atom stereocenters. The molecule has 0 amide bonds. The summed E-state index contributed by atoms with van der Waals surface area (Å²) in [5.74, 6) is 0. The quantitative estimate of drug-likeness (QED) is 0.682. The van der Waals surface area contributed by atoms with E-state index in [1.807, 2.05) is 29.1 Å². The molecule has 0 aliphatic heterocycles. The van der Waals surface area contributed by atoms with Gasteiger partial charge in [-0.05, 0) is 37.6 Å². The fraction of sp³-hybridized carbons (Fsp3) is 0.471. The molecule has 0 aliphatic rings. The molecule has 0 spiro atoms. The summed E-state index contributed by atoms with van der Waals surface area (Å²) in [7, 11) is 0. The van der Waals surface area contributed by atoms with Crippen LogP contribution in [0.15, 0.2) is 42.6 Å². The van der Waals surface area contributed by atoms with E-state index in [2.05, 4.69) is 35.5 Å². The van der Waals surface area contributed by atoms with Gasteiger partial charge in [-0.15, -0.1) is 0 Å². The summed E-state index contributed by atoms with van der Waals surface area (Å²) in [4.78, 5) is 0. The molecular weight excluding hydrogens is 262 g/mol. The van der Waals surface area contributed by atoms with Crippen molar-refractivity contribution in [3.8, 4) is 5.69 Å². The average molecular weight is 287 g/mol. The van der Waals surface area contributed by atoms with Gasteiger partial charge in [0.1, 0.15) is 0 Å². The van der Waals surface area contributed by atoms with Crippen LogP contribution in [0.2, 0.25) is 0 Å². The predicted molar refractivity (Wildman–Crippen MR) is 85.6 cm³/mol. The van der Waals surface area contributed by atoms with Gasteiger partial charge in [-0.3, -0.25) is 0 Å². The fourth-order valence-corrected chi connectivity index (χ4v) is 2.04. The second kappa shape index (κ2) is 9.32. The van der Waals surface area contributed by atoms with E-state index >= 15 is 0 Å². The molecule has 2 rings (SSSR count). The summed E-state index contributed by atoms with van der Waals surface area (Å²) in [6, 6.07) is 12.2.